The number of rotatable bonds is 3. The number of carbonyl (C=O) groups is 2. The highest BCUT2D eigenvalue weighted by atomic mass is 16.3. The number of hydrogen-bond acceptors (Lipinski definition) is 3. The summed E-state index contributed by atoms with van der Waals surface area (Å²) in [6, 6.07) is 3.44. The lowest BCUT2D eigenvalue weighted by atomic mass is 10.1. The first-order valence-corrected chi connectivity index (χ1v) is 6.15. The standard InChI is InChI=1S/C14H20N2O3/c1-8-5-9(2)12(10(3)6-8)16-14(19)13(18)15-11(4)7-17/h5-6,11,17H,7H2,1-4H3,(H,15,18)(H,16,19). The monoisotopic (exact) mass is 264 g/mol. The zero-order valence-corrected chi connectivity index (χ0v) is 11.7. The Morgan fingerprint density at radius 3 is 2.16 bits per heavy atom. The summed E-state index contributed by atoms with van der Waals surface area (Å²) >= 11 is 0. The minimum Gasteiger partial charge on any atom is -0.394 e. The third kappa shape index (κ3) is 4.06. The molecule has 2 amide bonds. The maximum absolute atomic E-state index is 11.7. The molecule has 1 unspecified atom stereocenters. The first kappa shape index (κ1) is 15.2. The van der Waals surface area contributed by atoms with Crippen LogP contribution in [0.25, 0.3) is 0 Å². The Morgan fingerprint density at radius 2 is 1.68 bits per heavy atom. The molecule has 3 N–H and O–H groups in total. The number of nitrogens with one attached hydrogen (secondary N) is 2. The molecule has 0 saturated carbocycles. The quantitative estimate of drug-likeness (QED) is 0.714. The van der Waals surface area contributed by atoms with E-state index in [9.17, 15) is 9.59 Å². The molecule has 0 aromatic heterocycles. The normalized spacial score (nSPS) is 11.8. The molecule has 19 heavy (non-hydrogen) atoms. The van der Waals surface area contributed by atoms with E-state index in [1.165, 1.54) is 0 Å². The van der Waals surface area contributed by atoms with Crippen molar-refractivity contribution in [2.75, 3.05) is 11.9 Å². The first-order chi connectivity index (χ1) is 8.85. The van der Waals surface area contributed by atoms with Crippen LogP contribution in [0.5, 0.6) is 0 Å². The third-order valence-electron chi connectivity index (χ3n) is 2.77. The molecule has 0 spiro atoms. The van der Waals surface area contributed by atoms with Crippen molar-refractivity contribution in [1.82, 2.24) is 5.32 Å². The molecule has 5 heteroatoms. The van der Waals surface area contributed by atoms with Gasteiger partial charge in [0.15, 0.2) is 0 Å². The molecule has 5 nitrogen and oxygen atoms in total. The van der Waals surface area contributed by atoms with E-state index in [4.69, 9.17) is 5.11 Å². The Labute approximate surface area is 113 Å². The van der Waals surface area contributed by atoms with Crippen molar-refractivity contribution < 1.29 is 14.7 Å². The SMILES string of the molecule is Cc1cc(C)c(NC(=O)C(=O)NC(C)CO)c(C)c1. The fourth-order valence-corrected chi connectivity index (χ4v) is 1.88. The highest BCUT2D eigenvalue weighted by Crippen LogP contribution is 2.21. The zero-order chi connectivity index (χ0) is 14.6. The van der Waals surface area contributed by atoms with Gasteiger partial charge >= 0.3 is 11.8 Å². The van der Waals surface area contributed by atoms with Crippen LogP contribution in [-0.2, 0) is 9.59 Å². The van der Waals surface area contributed by atoms with Crippen LogP contribution < -0.4 is 10.6 Å². The van der Waals surface area contributed by atoms with Crippen molar-refractivity contribution in [1.29, 1.82) is 0 Å². The van der Waals surface area contributed by atoms with Crippen LogP contribution in [0.3, 0.4) is 0 Å². The van der Waals surface area contributed by atoms with Gasteiger partial charge in [0.25, 0.3) is 0 Å². The Bertz CT molecular complexity index is 474. The molecule has 0 aliphatic rings. The van der Waals surface area contributed by atoms with E-state index >= 15 is 0 Å². The number of anilines is 1. The number of benzene rings is 1. The number of aliphatic hydroxyl groups excluding tert-OH is 1. The van der Waals surface area contributed by atoms with Crippen molar-refractivity contribution in [2.24, 2.45) is 0 Å². The predicted molar refractivity (Wildman–Crippen MR) is 74.0 cm³/mol. The highest BCUT2D eigenvalue weighted by molar-refractivity contribution is 6.39. The van der Waals surface area contributed by atoms with Gasteiger partial charge in [0.05, 0.1) is 6.61 Å². The van der Waals surface area contributed by atoms with Crippen molar-refractivity contribution >= 4 is 17.5 Å². The smallest absolute Gasteiger partial charge is 0.313 e. The van der Waals surface area contributed by atoms with Gasteiger partial charge in [-0.15, -0.1) is 0 Å². The van der Waals surface area contributed by atoms with Crippen molar-refractivity contribution in [3.05, 3.63) is 28.8 Å². The molecule has 0 saturated heterocycles. The fourth-order valence-electron chi connectivity index (χ4n) is 1.88. The highest BCUT2D eigenvalue weighted by Gasteiger charge is 2.17. The van der Waals surface area contributed by atoms with Gasteiger partial charge in [-0.05, 0) is 38.8 Å². The topological polar surface area (TPSA) is 78.4 Å². The van der Waals surface area contributed by atoms with Gasteiger partial charge in [-0.1, -0.05) is 17.7 Å². The van der Waals surface area contributed by atoms with Crippen molar-refractivity contribution in [3.8, 4) is 0 Å². The summed E-state index contributed by atoms with van der Waals surface area (Å²) in [4.78, 5) is 23.3. The van der Waals surface area contributed by atoms with E-state index in [-0.39, 0.29) is 6.61 Å². The second-order valence-electron chi connectivity index (χ2n) is 4.78. The summed E-state index contributed by atoms with van der Waals surface area (Å²) in [6.07, 6.45) is 0. The Balaban J connectivity index is 2.80. The van der Waals surface area contributed by atoms with Crippen LogP contribution in [0.4, 0.5) is 5.69 Å². The number of carbonyl (C=O) groups excluding carboxylic acids is 2. The first-order valence-electron chi connectivity index (χ1n) is 6.15. The lowest BCUT2D eigenvalue weighted by Gasteiger charge is -2.14. The molecule has 0 heterocycles. The number of amides is 2. The van der Waals surface area contributed by atoms with E-state index in [0.29, 0.717) is 5.69 Å². The lowest BCUT2D eigenvalue weighted by Crippen LogP contribution is -2.42. The predicted octanol–water partition coefficient (Wildman–Crippen LogP) is 1.05. The second-order valence-corrected chi connectivity index (χ2v) is 4.78. The molecule has 0 fully saturated rings. The number of aliphatic hydroxyl groups is 1. The van der Waals surface area contributed by atoms with Gasteiger partial charge in [0.2, 0.25) is 0 Å². The number of hydrogen-bond donors (Lipinski definition) is 3. The van der Waals surface area contributed by atoms with Crippen LogP contribution in [-0.4, -0.2) is 29.6 Å². The molecule has 0 aliphatic heterocycles. The lowest BCUT2D eigenvalue weighted by molar-refractivity contribution is -0.136. The van der Waals surface area contributed by atoms with Crippen LogP contribution in [0.15, 0.2) is 12.1 Å². The van der Waals surface area contributed by atoms with Crippen molar-refractivity contribution in [3.63, 3.8) is 0 Å². The molecule has 0 bridgehead atoms. The molecule has 104 valence electrons. The fraction of sp³-hybridized carbons (Fsp3) is 0.429. The molecular formula is C14H20N2O3. The molecule has 1 aromatic carbocycles. The van der Waals surface area contributed by atoms with Gasteiger partial charge in [-0.2, -0.15) is 0 Å². The Kier molecular flexibility index (Phi) is 5.06. The van der Waals surface area contributed by atoms with Gasteiger partial charge in [-0.3, -0.25) is 9.59 Å². The van der Waals surface area contributed by atoms with E-state index in [2.05, 4.69) is 10.6 Å². The molecule has 1 rings (SSSR count). The van der Waals surface area contributed by atoms with E-state index in [0.717, 1.165) is 16.7 Å². The summed E-state index contributed by atoms with van der Waals surface area (Å²) in [7, 11) is 0. The van der Waals surface area contributed by atoms with Gasteiger partial charge in [0, 0.05) is 11.7 Å². The van der Waals surface area contributed by atoms with Gasteiger partial charge < -0.3 is 15.7 Å². The third-order valence-corrected chi connectivity index (χ3v) is 2.77. The van der Waals surface area contributed by atoms with E-state index in [1.807, 2.05) is 32.9 Å². The van der Waals surface area contributed by atoms with E-state index < -0.39 is 17.9 Å². The summed E-state index contributed by atoms with van der Waals surface area (Å²) in [5, 5.41) is 13.8. The minimum atomic E-state index is -0.749. The number of aryl methyl sites for hydroxylation is 3. The maximum atomic E-state index is 11.7. The van der Waals surface area contributed by atoms with Crippen molar-refractivity contribution in [2.45, 2.75) is 33.7 Å². The van der Waals surface area contributed by atoms with Crippen LogP contribution in [0.2, 0.25) is 0 Å². The molecule has 0 aliphatic carbocycles. The van der Waals surface area contributed by atoms with Gasteiger partial charge in [0.1, 0.15) is 0 Å². The van der Waals surface area contributed by atoms with Crippen LogP contribution in [0.1, 0.15) is 23.6 Å². The average molecular weight is 264 g/mol. The Morgan fingerprint density at radius 1 is 1.16 bits per heavy atom. The Hall–Kier alpha value is -1.88. The summed E-state index contributed by atoms with van der Waals surface area (Å²) in [5.74, 6) is -1.48. The molecule has 1 atom stereocenters. The van der Waals surface area contributed by atoms with Gasteiger partial charge in [-0.25, -0.2) is 0 Å². The minimum absolute atomic E-state index is 0.207. The summed E-state index contributed by atoms with van der Waals surface area (Å²) in [5.41, 5.74) is 3.58. The second kappa shape index (κ2) is 6.33. The molecule has 1 aromatic rings. The van der Waals surface area contributed by atoms with E-state index in [1.54, 1.807) is 6.92 Å². The molecule has 0 radical (unpaired) electrons. The zero-order valence-electron chi connectivity index (χ0n) is 11.7. The van der Waals surface area contributed by atoms with Crippen LogP contribution in [0, 0.1) is 20.8 Å². The average Bonchev–Trinajstić information content (AvgIpc) is 2.32. The van der Waals surface area contributed by atoms with Crippen LogP contribution >= 0.6 is 0 Å². The maximum Gasteiger partial charge on any atom is 0.313 e. The summed E-state index contributed by atoms with van der Waals surface area (Å²) in [6.45, 7) is 7.14. The largest absolute Gasteiger partial charge is 0.394 e. The summed E-state index contributed by atoms with van der Waals surface area (Å²) < 4.78 is 0. The molecular weight excluding hydrogens is 244 g/mol.